The Morgan fingerprint density at radius 3 is 2.63 bits per heavy atom. The van der Waals surface area contributed by atoms with Crippen molar-refractivity contribution < 1.29 is 24.0 Å². The van der Waals surface area contributed by atoms with E-state index in [9.17, 15) is 24.5 Å². The van der Waals surface area contributed by atoms with E-state index in [0.717, 1.165) is 23.8 Å². The Morgan fingerprint density at radius 1 is 1.20 bits per heavy atom. The number of hydrogen-bond acceptors (Lipinski definition) is 6. The van der Waals surface area contributed by atoms with Gasteiger partial charge in [0.25, 0.3) is 23.4 Å². The zero-order chi connectivity index (χ0) is 21.4. The number of nitrogens with zero attached hydrogens (tertiary/aromatic N) is 2. The number of carbonyl (C=O) groups excluding carboxylic acids is 3. The molecule has 1 fully saturated rings. The van der Waals surface area contributed by atoms with Crippen LogP contribution in [0.2, 0.25) is 5.02 Å². The standard InChI is InChI=1S/C20H16ClN3O6/c21-16-9-12(24(28)29)4-6-17(16)22-18(25)11-3-5-14-15(8-11)20(27)23(19(14)26)10-13-2-1-7-30-13/h3-6,8-9,13H,1-2,7,10H2,(H,22,25)/t13-/m1/s1. The van der Waals surface area contributed by atoms with E-state index in [-0.39, 0.29) is 45.7 Å². The van der Waals surface area contributed by atoms with Crippen molar-refractivity contribution in [1.29, 1.82) is 0 Å². The van der Waals surface area contributed by atoms with E-state index in [2.05, 4.69) is 5.32 Å². The molecular formula is C20H16ClN3O6. The van der Waals surface area contributed by atoms with Gasteiger partial charge < -0.3 is 10.1 Å². The van der Waals surface area contributed by atoms with E-state index in [1.54, 1.807) is 0 Å². The summed E-state index contributed by atoms with van der Waals surface area (Å²) < 4.78 is 5.51. The summed E-state index contributed by atoms with van der Waals surface area (Å²) in [6.07, 6.45) is 1.51. The zero-order valence-electron chi connectivity index (χ0n) is 15.6. The van der Waals surface area contributed by atoms with Gasteiger partial charge in [-0.05, 0) is 37.1 Å². The molecule has 0 bridgehead atoms. The van der Waals surface area contributed by atoms with Gasteiger partial charge in [0, 0.05) is 24.3 Å². The van der Waals surface area contributed by atoms with E-state index < -0.39 is 22.6 Å². The number of anilines is 1. The largest absolute Gasteiger partial charge is 0.376 e. The molecule has 0 radical (unpaired) electrons. The van der Waals surface area contributed by atoms with Crippen molar-refractivity contribution in [2.24, 2.45) is 0 Å². The maximum atomic E-state index is 12.7. The van der Waals surface area contributed by atoms with Crippen LogP contribution in [0.25, 0.3) is 0 Å². The molecule has 0 saturated carbocycles. The number of non-ortho nitro benzene ring substituents is 1. The molecule has 2 aromatic rings. The molecular weight excluding hydrogens is 414 g/mol. The number of imide groups is 1. The molecule has 1 saturated heterocycles. The highest BCUT2D eigenvalue weighted by atomic mass is 35.5. The van der Waals surface area contributed by atoms with E-state index in [0.29, 0.717) is 6.61 Å². The monoisotopic (exact) mass is 429 g/mol. The van der Waals surface area contributed by atoms with Crippen molar-refractivity contribution in [3.63, 3.8) is 0 Å². The van der Waals surface area contributed by atoms with E-state index in [4.69, 9.17) is 16.3 Å². The quantitative estimate of drug-likeness (QED) is 0.442. The first-order chi connectivity index (χ1) is 14.3. The molecule has 0 aliphatic carbocycles. The number of carbonyl (C=O) groups is 3. The summed E-state index contributed by atoms with van der Waals surface area (Å²) in [5.74, 6) is -1.43. The molecule has 1 N–H and O–H groups in total. The van der Waals surface area contributed by atoms with Gasteiger partial charge in [0.15, 0.2) is 0 Å². The average molecular weight is 430 g/mol. The molecule has 1 atom stereocenters. The predicted octanol–water partition coefficient (Wildman–Crippen LogP) is 3.28. The Balaban J connectivity index is 1.53. The van der Waals surface area contributed by atoms with Gasteiger partial charge in [0.2, 0.25) is 0 Å². The van der Waals surface area contributed by atoms with Crippen molar-refractivity contribution in [1.82, 2.24) is 4.90 Å². The summed E-state index contributed by atoms with van der Waals surface area (Å²) in [5.41, 5.74) is 0.535. The lowest BCUT2D eigenvalue weighted by Crippen LogP contribution is -2.36. The third-order valence-corrected chi connectivity index (χ3v) is 5.37. The van der Waals surface area contributed by atoms with Crippen LogP contribution in [0.4, 0.5) is 11.4 Å². The molecule has 154 valence electrons. The maximum absolute atomic E-state index is 12.7. The lowest BCUT2D eigenvalue weighted by Gasteiger charge is -2.17. The highest BCUT2D eigenvalue weighted by molar-refractivity contribution is 6.34. The second-order valence-corrected chi connectivity index (χ2v) is 7.40. The number of benzene rings is 2. The highest BCUT2D eigenvalue weighted by Crippen LogP contribution is 2.29. The first-order valence-corrected chi connectivity index (χ1v) is 9.60. The number of ether oxygens (including phenoxy) is 1. The number of nitro benzene ring substituents is 1. The normalized spacial score (nSPS) is 17.9. The van der Waals surface area contributed by atoms with Crippen LogP contribution in [0.3, 0.4) is 0 Å². The average Bonchev–Trinajstić information content (AvgIpc) is 3.32. The molecule has 0 aromatic heterocycles. The van der Waals surface area contributed by atoms with Crippen molar-refractivity contribution in [2.75, 3.05) is 18.5 Å². The number of fused-ring (bicyclic) bond motifs is 1. The van der Waals surface area contributed by atoms with Crippen molar-refractivity contribution in [3.8, 4) is 0 Å². The number of rotatable bonds is 5. The first-order valence-electron chi connectivity index (χ1n) is 9.22. The van der Waals surface area contributed by atoms with Gasteiger partial charge in [-0.2, -0.15) is 0 Å². The van der Waals surface area contributed by atoms with Crippen LogP contribution in [0.5, 0.6) is 0 Å². The lowest BCUT2D eigenvalue weighted by molar-refractivity contribution is -0.384. The summed E-state index contributed by atoms with van der Waals surface area (Å²) >= 11 is 6.00. The summed E-state index contributed by atoms with van der Waals surface area (Å²) in [6.45, 7) is 0.801. The van der Waals surface area contributed by atoms with Crippen molar-refractivity contribution >= 4 is 40.7 Å². The lowest BCUT2D eigenvalue weighted by atomic mass is 10.1. The minimum Gasteiger partial charge on any atom is -0.376 e. The minimum absolute atomic E-state index is 0.00713. The second-order valence-electron chi connectivity index (χ2n) is 6.99. The Kier molecular flexibility index (Phi) is 5.23. The van der Waals surface area contributed by atoms with Gasteiger partial charge in [0.05, 0.1) is 39.4 Å². The molecule has 9 nitrogen and oxygen atoms in total. The van der Waals surface area contributed by atoms with Gasteiger partial charge in [0.1, 0.15) is 0 Å². The predicted molar refractivity (Wildman–Crippen MR) is 107 cm³/mol. The Hall–Kier alpha value is -3.30. The number of halogens is 1. The molecule has 0 unspecified atom stereocenters. The van der Waals surface area contributed by atoms with Gasteiger partial charge in [-0.25, -0.2) is 0 Å². The SMILES string of the molecule is O=C(Nc1ccc([N+](=O)[O-])cc1Cl)c1ccc2c(c1)C(=O)N(C[C@H]1CCCO1)C2=O. The summed E-state index contributed by atoms with van der Waals surface area (Å²) in [6, 6.07) is 7.91. The van der Waals surface area contributed by atoms with Crippen LogP contribution in [0.1, 0.15) is 43.9 Å². The fourth-order valence-corrected chi connectivity index (χ4v) is 3.73. The third kappa shape index (κ3) is 3.64. The summed E-state index contributed by atoms with van der Waals surface area (Å²) in [4.78, 5) is 49.2. The fourth-order valence-electron chi connectivity index (χ4n) is 3.50. The van der Waals surface area contributed by atoms with Crippen LogP contribution in [-0.2, 0) is 4.74 Å². The summed E-state index contributed by atoms with van der Waals surface area (Å²) in [5, 5.41) is 13.4. The third-order valence-electron chi connectivity index (χ3n) is 5.05. The number of hydrogen-bond donors (Lipinski definition) is 1. The van der Waals surface area contributed by atoms with Gasteiger partial charge >= 0.3 is 0 Å². The number of nitro groups is 1. The molecule has 4 rings (SSSR count). The summed E-state index contributed by atoms with van der Waals surface area (Å²) in [7, 11) is 0. The minimum atomic E-state index is -0.594. The Bertz CT molecular complexity index is 1080. The molecule has 3 amide bonds. The second kappa shape index (κ2) is 7.85. The fraction of sp³-hybridized carbons (Fsp3) is 0.250. The van der Waals surface area contributed by atoms with Crippen molar-refractivity contribution in [3.05, 3.63) is 68.2 Å². The molecule has 30 heavy (non-hydrogen) atoms. The Labute approximate surface area is 175 Å². The van der Waals surface area contributed by atoms with Crippen molar-refractivity contribution in [2.45, 2.75) is 18.9 Å². The maximum Gasteiger partial charge on any atom is 0.271 e. The van der Waals surface area contributed by atoms with E-state index >= 15 is 0 Å². The van der Waals surface area contributed by atoms with Crippen LogP contribution in [-0.4, -0.2) is 46.8 Å². The van der Waals surface area contributed by atoms with Gasteiger partial charge in [-0.3, -0.25) is 29.4 Å². The van der Waals surface area contributed by atoms with Gasteiger partial charge in [-0.15, -0.1) is 0 Å². The molecule has 2 aromatic carbocycles. The number of amides is 3. The topological polar surface area (TPSA) is 119 Å². The smallest absolute Gasteiger partial charge is 0.271 e. The van der Waals surface area contributed by atoms with Crippen LogP contribution >= 0.6 is 11.6 Å². The van der Waals surface area contributed by atoms with Crippen LogP contribution < -0.4 is 5.32 Å². The number of nitrogens with one attached hydrogen (secondary N) is 1. The van der Waals surface area contributed by atoms with E-state index in [1.165, 1.54) is 30.3 Å². The molecule has 10 heteroatoms. The van der Waals surface area contributed by atoms with Gasteiger partial charge in [-0.1, -0.05) is 11.6 Å². The first kappa shape index (κ1) is 20.0. The zero-order valence-corrected chi connectivity index (χ0v) is 16.3. The highest BCUT2D eigenvalue weighted by Gasteiger charge is 2.38. The Morgan fingerprint density at radius 2 is 1.97 bits per heavy atom. The molecule has 0 spiro atoms. The van der Waals surface area contributed by atoms with Crippen LogP contribution in [0, 0.1) is 10.1 Å². The van der Waals surface area contributed by atoms with E-state index in [1.807, 2.05) is 0 Å². The van der Waals surface area contributed by atoms with Crippen LogP contribution in [0.15, 0.2) is 36.4 Å². The molecule has 2 heterocycles. The molecule has 2 aliphatic heterocycles. The molecule has 2 aliphatic rings.